The average Bonchev–Trinajstić information content (AvgIpc) is 2.23. The lowest BCUT2D eigenvalue weighted by Gasteiger charge is -2.22. The molecule has 16 heavy (non-hydrogen) atoms. The number of carbonyl (C=O) groups is 1. The summed E-state index contributed by atoms with van der Waals surface area (Å²) in [7, 11) is 1.39. The average molecular weight is 226 g/mol. The molecule has 0 aromatic rings. The van der Waals surface area contributed by atoms with Crippen LogP contribution >= 0.6 is 0 Å². The van der Waals surface area contributed by atoms with Crippen molar-refractivity contribution in [2.45, 2.75) is 40.2 Å². The minimum atomic E-state index is -0.356. The smallest absolute Gasteiger partial charge is 0.323 e. The van der Waals surface area contributed by atoms with Crippen LogP contribution in [0.2, 0.25) is 0 Å². The summed E-state index contributed by atoms with van der Waals surface area (Å²) in [5.41, 5.74) is -0.356. The van der Waals surface area contributed by atoms with Crippen molar-refractivity contribution in [3.63, 3.8) is 0 Å². The van der Waals surface area contributed by atoms with Crippen molar-refractivity contribution < 1.29 is 9.53 Å². The molecule has 4 heteroatoms. The van der Waals surface area contributed by atoms with Gasteiger partial charge >= 0.3 is 5.97 Å². The fourth-order valence-electron chi connectivity index (χ4n) is 1.31. The van der Waals surface area contributed by atoms with E-state index >= 15 is 0 Å². The van der Waals surface area contributed by atoms with E-state index in [1.54, 1.807) is 0 Å². The summed E-state index contributed by atoms with van der Waals surface area (Å²) in [6.45, 7) is 8.33. The highest BCUT2D eigenvalue weighted by Gasteiger charge is 2.23. The maximum absolute atomic E-state index is 11.4. The highest BCUT2D eigenvalue weighted by atomic mass is 16.5. The Morgan fingerprint density at radius 2 is 2.06 bits per heavy atom. The molecule has 0 radical (unpaired) electrons. The van der Waals surface area contributed by atoms with Crippen molar-refractivity contribution in [3.8, 4) is 6.07 Å². The summed E-state index contributed by atoms with van der Waals surface area (Å²) >= 11 is 0. The van der Waals surface area contributed by atoms with Crippen molar-refractivity contribution >= 4 is 5.97 Å². The van der Waals surface area contributed by atoms with Crippen LogP contribution in [-0.2, 0) is 9.53 Å². The Bertz CT molecular complexity index is 267. The molecule has 0 heterocycles. The highest BCUT2D eigenvalue weighted by molar-refractivity contribution is 5.75. The first kappa shape index (κ1) is 14.9. The Morgan fingerprint density at radius 3 is 2.44 bits per heavy atom. The number of ether oxygens (including phenoxy) is 1. The Labute approximate surface area is 98.0 Å². The number of hydrogen-bond acceptors (Lipinski definition) is 4. The van der Waals surface area contributed by atoms with E-state index in [1.165, 1.54) is 7.11 Å². The van der Waals surface area contributed by atoms with Gasteiger partial charge in [0.1, 0.15) is 6.04 Å². The molecule has 1 N–H and O–H groups in total. The topological polar surface area (TPSA) is 62.1 Å². The Balaban J connectivity index is 4.16. The van der Waals surface area contributed by atoms with Crippen molar-refractivity contribution in [2.75, 3.05) is 13.7 Å². The van der Waals surface area contributed by atoms with E-state index in [0.29, 0.717) is 13.0 Å². The van der Waals surface area contributed by atoms with Crippen molar-refractivity contribution in [1.29, 1.82) is 5.26 Å². The molecule has 1 unspecified atom stereocenters. The zero-order chi connectivity index (χ0) is 12.8. The van der Waals surface area contributed by atoms with Gasteiger partial charge in [0, 0.05) is 0 Å². The SMILES string of the molecule is COC(=O)C(NCCC(C)(C)C#N)C(C)C. The van der Waals surface area contributed by atoms with Gasteiger partial charge in [0.15, 0.2) is 0 Å². The number of nitrogens with zero attached hydrogens (tertiary/aromatic N) is 1. The van der Waals surface area contributed by atoms with E-state index in [0.717, 1.165) is 0 Å². The van der Waals surface area contributed by atoms with Crippen molar-refractivity contribution in [1.82, 2.24) is 5.32 Å². The lowest BCUT2D eigenvalue weighted by Crippen LogP contribution is -2.42. The fraction of sp³-hybridized carbons (Fsp3) is 0.833. The van der Waals surface area contributed by atoms with Gasteiger partial charge in [-0.25, -0.2) is 0 Å². The minimum absolute atomic E-state index is 0.178. The molecule has 0 saturated carbocycles. The van der Waals surface area contributed by atoms with Crippen LogP contribution in [0.3, 0.4) is 0 Å². The van der Waals surface area contributed by atoms with Gasteiger partial charge in [0.05, 0.1) is 18.6 Å². The number of nitrogens with one attached hydrogen (secondary N) is 1. The molecule has 92 valence electrons. The van der Waals surface area contributed by atoms with Crippen LogP contribution < -0.4 is 5.32 Å². The predicted octanol–water partition coefficient (Wildman–Crippen LogP) is 1.71. The van der Waals surface area contributed by atoms with Crippen molar-refractivity contribution in [3.05, 3.63) is 0 Å². The van der Waals surface area contributed by atoms with E-state index in [1.807, 2.05) is 27.7 Å². The summed E-state index contributed by atoms with van der Waals surface area (Å²) in [4.78, 5) is 11.4. The van der Waals surface area contributed by atoms with Gasteiger partial charge in [-0.2, -0.15) is 5.26 Å². The lowest BCUT2D eigenvalue weighted by molar-refractivity contribution is -0.144. The van der Waals surface area contributed by atoms with Crippen LogP contribution in [0.15, 0.2) is 0 Å². The maximum Gasteiger partial charge on any atom is 0.323 e. The van der Waals surface area contributed by atoms with E-state index in [2.05, 4.69) is 11.4 Å². The van der Waals surface area contributed by atoms with Crippen LogP contribution in [-0.4, -0.2) is 25.7 Å². The van der Waals surface area contributed by atoms with Gasteiger partial charge in [-0.05, 0) is 32.7 Å². The molecule has 0 aliphatic heterocycles. The molecule has 0 amide bonds. The molecule has 0 fully saturated rings. The molecule has 4 nitrogen and oxygen atoms in total. The quantitative estimate of drug-likeness (QED) is 0.700. The molecule has 0 saturated heterocycles. The van der Waals surface area contributed by atoms with Crippen LogP contribution in [0.4, 0.5) is 0 Å². The second-order valence-electron chi connectivity index (χ2n) is 4.94. The van der Waals surface area contributed by atoms with Crippen molar-refractivity contribution in [2.24, 2.45) is 11.3 Å². The van der Waals surface area contributed by atoms with Crippen LogP contribution in [0.5, 0.6) is 0 Å². The molecule has 0 rings (SSSR count). The van der Waals surface area contributed by atoms with Gasteiger partial charge in [-0.3, -0.25) is 4.79 Å². The highest BCUT2D eigenvalue weighted by Crippen LogP contribution is 2.17. The van der Waals surface area contributed by atoms with E-state index in [4.69, 9.17) is 10.00 Å². The monoisotopic (exact) mass is 226 g/mol. The number of hydrogen-bond donors (Lipinski definition) is 1. The Hall–Kier alpha value is -1.08. The number of nitriles is 1. The zero-order valence-corrected chi connectivity index (χ0v) is 10.8. The number of methoxy groups -OCH3 is 1. The fourth-order valence-corrected chi connectivity index (χ4v) is 1.31. The molecule has 0 aliphatic carbocycles. The molecule has 0 aliphatic rings. The summed E-state index contributed by atoms with van der Waals surface area (Å²) in [6, 6.07) is 1.94. The standard InChI is InChI=1S/C12H22N2O2/c1-9(2)10(11(15)16-5)14-7-6-12(3,4)8-13/h9-10,14H,6-7H2,1-5H3. The Morgan fingerprint density at radius 1 is 1.50 bits per heavy atom. The Kier molecular flexibility index (Phi) is 6.05. The molecular weight excluding hydrogens is 204 g/mol. The largest absolute Gasteiger partial charge is 0.468 e. The maximum atomic E-state index is 11.4. The second kappa shape index (κ2) is 6.49. The first-order valence-electron chi connectivity index (χ1n) is 5.56. The van der Waals surface area contributed by atoms with Gasteiger partial charge in [0.2, 0.25) is 0 Å². The second-order valence-corrected chi connectivity index (χ2v) is 4.94. The summed E-state index contributed by atoms with van der Waals surface area (Å²) < 4.78 is 4.72. The van der Waals surface area contributed by atoms with E-state index < -0.39 is 0 Å². The van der Waals surface area contributed by atoms with Gasteiger partial charge in [0.25, 0.3) is 0 Å². The summed E-state index contributed by atoms with van der Waals surface area (Å²) in [6.07, 6.45) is 0.712. The first-order valence-corrected chi connectivity index (χ1v) is 5.56. The number of rotatable bonds is 6. The van der Waals surface area contributed by atoms with Gasteiger partial charge < -0.3 is 10.1 Å². The van der Waals surface area contributed by atoms with Gasteiger partial charge in [-0.1, -0.05) is 13.8 Å². The van der Waals surface area contributed by atoms with Crippen LogP contribution in [0.25, 0.3) is 0 Å². The van der Waals surface area contributed by atoms with Crippen LogP contribution in [0.1, 0.15) is 34.1 Å². The number of carbonyl (C=O) groups excluding carboxylic acids is 1. The van der Waals surface area contributed by atoms with E-state index in [-0.39, 0.29) is 23.3 Å². The third-order valence-corrected chi connectivity index (χ3v) is 2.54. The first-order chi connectivity index (χ1) is 7.34. The summed E-state index contributed by atoms with van der Waals surface area (Å²) in [5, 5.41) is 12.0. The molecule has 0 spiro atoms. The molecular formula is C12H22N2O2. The molecule has 1 atom stereocenters. The normalized spacial score (nSPS) is 13.3. The number of esters is 1. The predicted molar refractivity (Wildman–Crippen MR) is 62.7 cm³/mol. The minimum Gasteiger partial charge on any atom is -0.468 e. The molecule has 0 bridgehead atoms. The van der Waals surface area contributed by atoms with E-state index in [9.17, 15) is 4.79 Å². The molecule has 0 aromatic carbocycles. The van der Waals surface area contributed by atoms with Gasteiger partial charge in [-0.15, -0.1) is 0 Å². The molecule has 0 aromatic heterocycles. The third-order valence-electron chi connectivity index (χ3n) is 2.54. The lowest BCUT2D eigenvalue weighted by atomic mass is 9.91. The van der Waals surface area contributed by atoms with Crippen LogP contribution in [0, 0.1) is 22.7 Å². The summed E-state index contributed by atoms with van der Waals surface area (Å²) in [5.74, 6) is -0.0672. The third kappa shape index (κ3) is 5.13. The zero-order valence-electron chi connectivity index (χ0n) is 10.8.